The first-order valence-corrected chi connectivity index (χ1v) is 7.92. The molecule has 20 heavy (non-hydrogen) atoms. The van der Waals surface area contributed by atoms with E-state index in [2.05, 4.69) is 9.71 Å². The summed E-state index contributed by atoms with van der Waals surface area (Å²) >= 11 is 0.722. The number of nitrogens with zero attached hydrogens (tertiary/aromatic N) is 1. The second-order valence-corrected chi connectivity index (χ2v) is 7.13. The van der Waals surface area contributed by atoms with Crippen LogP contribution in [0, 0.1) is 6.92 Å². The Hall–Kier alpha value is -1.77. The van der Waals surface area contributed by atoms with Gasteiger partial charge in [0.15, 0.2) is 0 Å². The molecule has 0 bridgehead atoms. The predicted octanol–water partition coefficient (Wildman–Crippen LogP) is 1.63. The number of aryl methyl sites for hydroxylation is 1. The number of aromatic carboxylic acids is 1. The summed E-state index contributed by atoms with van der Waals surface area (Å²) in [4.78, 5) is 14.7. The molecule has 0 unspecified atom stereocenters. The van der Waals surface area contributed by atoms with E-state index in [1.807, 2.05) is 6.92 Å². The molecule has 0 aliphatic carbocycles. The van der Waals surface area contributed by atoms with E-state index in [1.165, 1.54) is 12.1 Å². The van der Waals surface area contributed by atoms with Crippen molar-refractivity contribution in [1.82, 2.24) is 9.71 Å². The van der Waals surface area contributed by atoms with Gasteiger partial charge in [-0.3, -0.25) is 4.98 Å². The van der Waals surface area contributed by atoms with Gasteiger partial charge in [-0.05, 0) is 36.2 Å². The van der Waals surface area contributed by atoms with E-state index in [9.17, 15) is 13.2 Å². The van der Waals surface area contributed by atoms with Crippen molar-refractivity contribution in [3.63, 3.8) is 0 Å². The minimum Gasteiger partial charge on any atom is -0.477 e. The summed E-state index contributed by atoms with van der Waals surface area (Å²) in [5.41, 5.74) is 1.70. The standard InChI is InChI=1S/C12H12N2O4S2/c1-8-4-5-13-6-9(8)7-14-20(17,18)11-3-2-10(19-11)12(15)16/h2-6,14H,7H2,1H3,(H,15,16). The van der Waals surface area contributed by atoms with Gasteiger partial charge in [0.2, 0.25) is 10.0 Å². The number of carboxylic acid groups (broad SMARTS) is 1. The largest absolute Gasteiger partial charge is 0.477 e. The Morgan fingerprint density at radius 3 is 2.75 bits per heavy atom. The monoisotopic (exact) mass is 312 g/mol. The summed E-state index contributed by atoms with van der Waals surface area (Å²) in [5.74, 6) is -1.14. The molecule has 0 aliphatic heterocycles. The van der Waals surface area contributed by atoms with Gasteiger partial charge in [0.25, 0.3) is 0 Å². The summed E-state index contributed by atoms with van der Waals surface area (Å²) in [7, 11) is -3.71. The van der Waals surface area contributed by atoms with Crippen molar-refractivity contribution in [2.75, 3.05) is 0 Å². The second kappa shape index (κ2) is 5.70. The highest BCUT2D eigenvalue weighted by atomic mass is 32.2. The molecule has 2 N–H and O–H groups in total. The van der Waals surface area contributed by atoms with Gasteiger partial charge in [-0.15, -0.1) is 11.3 Å². The highest BCUT2D eigenvalue weighted by molar-refractivity contribution is 7.91. The Morgan fingerprint density at radius 2 is 2.15 bits per heavy atom. The zero-order valence-electron chi connectivity index (χ0n) is 10.5. The lowest BCUT2D eigenvalue weighted by molar-refractivity contribution is 0.0702. The maximum atomic E-state index is 12.0. The highest BCUT2D eigenvalue weighted by Gasteiger charge is 2.18. The fourth-order valence-electron chi connectivity index (χ4n) is 1.51. The molecule has 2 heterocycles. The topological polar surface area (TPSA) is 96.4 Å². The molecule has 0 aliphatic rings. The molecule has 2 aromatic rings. The summed E-state index contributed by atoms with van der Waals surface area (Å²) in [6.45, 7) is 1.97. The number of aromatic nitrogens is 1. The number of hydrogen-bond acceptors (Lipinski definition) is 5. The molecule has 0 radical (unpaired) electrons. The number of nitrogens with one attached hydrogen (secondary N) is 1. The molecule has 0 saturated carbocycles. The predicted molar refractivity (Wildman–Crippen MR) is 74.3 cm³/mol. The molecule has 2 aromatic heterocycles. The first kappa shape index (κ1) is 14.6. The molecule has 0 amide bonds. The third-order valence-electron chi connectivity index (χ3n) is 2.66. The first-order chi connectivity index (χ1) is 9.40. The van der Waals surface area contributed by atoms with Gasteiger partial charge in [-0.1, -0.05) is 0 Å². The number of carboxylic acids is 1. The van der Waals surface area contributed by atoms with Crippen LogP contribution in [-0.2, 0) is 16.6 Å². The van der Waals surface area contributed by atoms with Gasteiger partial charge in [-0.25, -0.2) is 17.9 Å². The van der Waals surface area contributed by atoms with E-state index in [-0.39, 0.29) is 15.6 Å². The van der Waals surface area contributed by atoms with Crippen LogP contribution in [0.1, 0.15) is 20.8 Å². The van der Waals surface area contributed by atoms with Crippen molar-refractivity contribution in [3.8, 4) is 0 Å². The van der Waals surface area contributed by atoms with Crippen molar-refractivity contribution in [1.29, 1.82) is 0 Å². The van der Waals surface area contributed by atoms with E-state index in [0.29, 0.717) is 0 Å². The van der Waals surface area contributed by atoms with Crippen molar-refractivity contribution in [2.45, 2.75) is 17.7 Å². The minimum absolute atomic E-state index is 0.0112. The quantitative estimate of drug-likeness (QED) is 0.874. The Balaban J connectivity index is 2.15. The van der Waals surface area contributed by atoms with E-state index in [0.717, 1.165) is 22.5 Å². The summed E-state index contributed by atoms with van der Waals surface area (Å²) in [5, 5.41) is 8.80. The highest BCUT2D eigenvalue weighted by Crippen LogP contribution is 2.21. The molecule has 2 rings (SSSR count). The van der Waals surface area contributed by atoms with Gasteiger partial charge in [-0.2, -0.15) is 0 Å². The van der Waals surface area contributed by atoms with Gasteiger partial charge in [0.05, 0.1) is 0 Å². The SMILES string of the molecule is Cc1ccncc1CNS(=O)(=O)c1ccc(C(=O)O)s1. The normalized spacial score (nSPS) is 11.4. The third kappa shape index (κ3) is 3.21. The van der Waals surface area contributed by atoms with Crippen LogP contribution in [0.3, 0.4) is 0 Å². The van der Waals surface area contributed by atoms with Gasteiger partial charge < -0.3 is 5.11 Å². The number of thiophene rings is 1. The van der Waals surface area contributed by atoms with E-state index in [1.54, 1.807) is 18.5 Å². The van der Waals surface area contributed by atoms with Crippen LogP contribution in [0.15, 0.2) is 34.8 Å². The molecule has 0 atom stereocenters. The molecule has 0 fully saturated rings. The molecule has 0 aromatic carbocycles. The smallest absolute Gasteiger partial charge is 0.345 e. The molecule has 0 saturated heterocycles. The fourth-order valence-corrected chi connectivity index (χ4v) is 3.70. The molecule has 6 nitrogen and oxygen atoms in total. The van der Waals surface area contributed by atoms with Crippen LogP contribution in [0.5, 0.6) is 0 Å². The first-order valence-electron chi connectivity index (χ1n) is 5.62. The molecule has 106 valence electrons. The lowest BCUT2D eigenvalue weighted by Gasteiger charge is -2.06. The van der Waals surface area contributed by atoms with Crippen molar-refractivity contribution in [3.05, 3.63) is 46.6 Å². The summed E-state index contributed by atoms with van der Waals surface area (Å²) in [6.07, 6.45) is 3.22. The van der Waals surface area contributed by atoms with Crippen LogP contribution in [-0.4, -0.2) is 24.5 Å². The minimum atomic E-state index is -3.71. The van der Waals surface area contributed by atoms with E-state index >= 15 is 0 Å². The van der Waals surface area contributed by atoms with Crippen molar-refractivity contribution >= 4 is 27.3 Å². The van der Waals surface area contributed by atoms with Crippen LogP contribution in [0.2, 0.25) is 0 Å². The maximum absolute atomic E-state index is 12.0. The Bertz CT molecular complexity index is 737. The number of rotatable bonds is 5. The van der Waals surface area contributed by atoms with E-state index < -0.39 is 16.0 Å². The molecular formula is C12H12N2O4S2. The van der Waals surface area contributed by atoms with E-state index in [4.69, 9.17) is 5.11 Å². The molecular weight excluding hydrogens is 300 g/mol. The number of sulfonamides is 1. The second-order valence-electron chi connectivity index (χ2n) is 4.05. The number of carbonyl (C=O) groups is 1. The Morgan fingerprint density at radius 1 is 1.40 bits per heavy atom. The third-order valence-corrected chi connectivity index (χ3v) is 5.62. The number of pyridine rings is 1. The van der Waals surface area contributed by atoms with Gasteiger partial charge in [0.1, 0.15) is 9.09 Å². The Kier molecular flexibility index (Phi) is 4.17. The lowest BCUT2D eigenvalue weighted by Crippen LogP contribution is -2.22. The van der Waals surface area contributed by atoms with Crippen LogP contribution < -0.4 is 4.72 Å². The lowest BCUT2D eigenvalue weighted by atomic mass is 10.2. The molecule has 8 heteroatoms. The van der Waals surface area contributed by atoms with Gasteiger partial charge >= 0.3 is 5.97 Å². The van der Waals surface area contributed by atoms with Crippen LogP contribution >= 0.6 is 11.3 Å². The summed E-state index contributed by atoms with van der Waals surface area (Å²) in [6, 6.07) is 4.35. The van der Waals surface area contributed by atoms with Gasteiger partial charge in [0, 0.05) is 18.9 Å². The van der Waals surface area contributed by atoms with Crippen molar-refractivity contribution in [2.24, 2.45) is 0 Å². The average molecular weight is 312 g/mol. The van der Waals surface area contributed by atoms with Crippen LogP contribution in [0.4, 0.5) is 0 Å². The van der Waals surface area contributed by atoms with Crippen LogP contribution in [0.25, 0.3) is 0 Å². The average Bonchev–Trinajstić information content (AvgIpc) is 2.88. The number of hydrogen-bond donors (Lipinski definition) is 2. The van der Waals surface area contributed by atoms with Crippen molar-refractivity contribution < 1.29 is 18.3 Å². The summed E-state index contributed by atoms with van der Waals surface area (Å²) < 4.78 is 26.5. The maximum Gasteiger partial charge on any atom is 0.345 e. The zero-order valence-corrected chi connectivity index (χ0v) is 12.2. The molecule has 0 spiro atoms. The zero-order chi connectivity index (χ0) is 14.8. The fraction of sp³-hybridized carbons (Fsp3) is 0.167. The Labute approximate surface area is 120 Å².